The summed E-state index contributed by atoms with van der Waals surface area (Å²) >= 11 is 1.81. The van der Waals surface area contributed by atoms with Gasteiger partial charge in [0.15, 0.2) is 0 Å². The van der Waals surface area contributed by atoms with Crippen molar-refractivity contribution < 1.29 is 14.6 Å². The number of allylic oxidation sites excluding steroid dienone is 2. The smallest absolute Gasteiger partial charge is 0.304 e. The highest BCUT2D eigenvalue weighted by Gasteiger charge is 2.31. The number of hydrogen-bond acceptors (Lipinski definition) is 3. The number of thioether (sulfide) groups is 1. The standard InChI is InChI=1S/C29H36O3S/c1-18-12-13-29(4,5)26-11-6-21(15-24(18)26)17-32-23-9-7-22(8-10-23)25(16-28(30)31)27-14-19(2)20(3)33-27/h6-11,14-15,18-20,25H,12-13,16-17H2,1-5H3,(H,30,31). The summed E-state index contributed by atoms with van der Waals surface area (Å²) in [6.45, 7) is 11.9. The van der Waals surface area contributed by atoms with E-state index in [2.05, 4.69) is 58.9 Å². The van der Waals surface area contributed by atoms with Crippen molar-refractivity contribution in [2.75, 3.05) is 0 Å². The molecule has 0 saturated heterocycles. The van der Waals surface area contributed by atoms with Crippen LogP contribution in [0.25, 0.3) is 0 Å². The lowest BCUT2D eigenvalue weighted by Gasteiger charge is -2.36. The number of carboxylic acid groups (broad SMARTS) is 1. The number of carboxylic acids is 1. The zero-order valence-corrected chi connectivity index (χ0v) is 21.2. The van der Waals surface area contributed by atoms with E-state index in [0.717, 1.165) is 11.3 Å². The van der Waals surface area contributed by atoms with Gasteiger partial charge in [0, 0.05) is 11.2 Å². The van der Waals surface area contributed by atoms with E-state index in [-0.39, 0.29) is 17.8 Å². The summed E-state index contributed by atoms with van der Waals surface area (Å²) in [5.74, 6) is 1.01. The number of ether oxygens (including phenoxy) is 1. The molecule has 33 heavy (non-hydrogen) atoms. The molecular weight excluding hydrogens is 428 g/mol. The molecule has 1 aliphatic carbocycles. The molecule has 1 N–H and O–H groups in total. The Hall–Kier alpha value is -2.20. The number of rotatable bonds is 7. The second-order valence-corrected chi connectivity index (χ2v) is 12.0. The summed E-state index contributed by atoms with van der Waals surface area (Å²) < 4.78 is 6.11. The van der Waals surface area contributed by atoms with Crippen LogP contribution in [0.1, 0.15) is 88.0 Å². The molecule has 2 aromatic rings. The normalized spacial score (nSPS) is 24.6. The number of benzene rings is 2. The van der Waals surface area contributed by atoms with E-state index in [1.807, 2.05) is 36.0 Å². The van der Waals surface area contributed by atoms with Crippen LogP contribution in [0.5, 0.6) is 5.75 Å². The molecule has 0 saturated carbocycles. The quantitative estimate of drug-likeness (QED) is 0.457. The Balaban J connectivity index is 1.46. The molecule has 4 rings (SSSR count). The molecule has 4 unspecified atom stereocenters. The number of fused-ring (bicyclic) bond motifs is 1. The van der Waals surface area contributed by atoms with E-state index in [1.54, 1.807) is 0 Å². The fourth-order valence-corrected chi connectivity index (χ4v) is 6.47. The van der Waals surface area contributed by atoms with Gasteiger partial charge in [-0.1, -0.05) is 71.0 Å². The third-order valence-electron chi connectivity index (χ3n) is 7.48. The van der Waals surface area contributed by atoms with Crippen molar-refractivity contribution in [1.29, 1.82) is 0 Å². The summed E-state index contributed by atoms with van der Waals surface area (Å²) in [5, 5.41) is 9.97. The fourth-order valence-electron chi connectivity index (χ4n) is 5.07. The molecule has 3 nitrogen and oxygen atoms in total. The van der Waals surface area contributed by atoms with Crippen molar-refractivity contribution in [2.24, 2.45) is 5.92 Å². The van der Waals surface area contributed by atoms with Gasteiger partial charge in [0.2, 0.25) is 0 Å². The van der Waals surface area contributed by atoms with Crippen LogP contribution in [0.2, 0.25) is 0 Å². The van der Waals surface area contributed by atoms with Crippen LogP contribution in [0, 0.1) is 5.92 Å². The first-order valence-corrected chi connectivity index (χ1v) is 13.0. The van der Waals surface area contributed by atoms with Gasteiger partial charge < -0.3 is 9.84 Å². The lowest BCUT2D eigenvalue weighted by Crippen LogP contribution is -2.25. The summed E-state index contributed by atoms with van der Waals surface area (Å²) in [6.07, 6.45) is 4.82. The second-order valence-electron chi connectivity index (χ2n) is 10.5. The fraction of sp³-hybridized carbons (Fsp3) is 0.483. The Morgan fingerprint density at radius 3 is 2.52 bits per heavy atom. The zero-order chi connectivity index (χ0) is 23.8. The molecule has 0 aromatic heterocycles. The maximum absolute atomic E-state index is 11.5. The van der Waals surface area contributed by atoms with E-state index in [4.69, 9.17) is 4.74 Å². The number of carbonyl (C=O) groups is 1. The van der Waals surface area contributed by atoms with Crippen LogP contribution >= 0.6 is 11.8 Å². The molecule has 0 fully saturated rings. The van der Waals surface area contributed by atoms with Gasteiger partial charge in [-0.2, -0.15) is 0 Å². The maximum atomic E-state index is 11.5. The molecule has 1 heterocycles. The highest BCUT2D eigenvalue weighted by atomic mass is 32.2. The minimum atomic E-state index is -0.765. The monoisotopic (exact) mass is 464 g/mol. The maximum Gasteiger partial charge on any atom is 0.304 e. The Kier molecular flexibility index (Phi) is 6.95. The van der Waals surface area contributed by atoms with Gasteiger partial charge in [0.05, 0.1) is 6.42 Å². The van der Waals surface area contributed by atoms with Gasteiger partial charge in [-0.15, -0.1) is 11.8 Å². The summed E-state index contributed by atoms with van der Waals surface area (Å²) in [5.41, 5.74) is 5.41. The molecule has 4 atom stereocenters. The Labute approximate surface area is 202 Å². The van der Waals surface area contributed by atoms with Crippen molar-refractivity contribution >= 4 is 17.7 Å². The molecule has 0 amide bonds. The second kappa shape index (κ2) is 9.58. The van der Waals surface area contributed by atoms with Gasteiger partial charge in [-0.05, 0) is 69.4 Å². The highest BCUT2D eigenvalue weighted by molar-refractivity contribution is 8.04. The van der Waals surface area contributed by atoms with Crippen LogP contribution in [-0.4, -0.2) is 16.3 Å². The van der Waals surface area contributed by atoms with Gasteiger partial charge in [-0.25, -0.2) is 0 Å². The summed E-state index contributed by atoms with van der Waals surface area (Å²) in [7, 11) is 0. The first-order valence-electron chi connectivity index (χ1n) is 12.1. The van der Waals surface area contributed by atoms with E-state index >= 15 is 0 Å². The van der Waals surface area contributed by atoms with Crippen molar-refractivity contribution in [3.05, 3.63) is 75.7 Å². The predicted molar refractivity (Wildman–Crippen MR) is 137 cm³/mol. The average molecular weight is 465 g/mol. The molecule has 4 heteroatoms. The lowest BCUT2D eigenvalue weighted by molar-refractivity contribution is -0.137. The van der Waals surface area contributed by atoms with Crippen LogP contribution in [0.4, 0.5) is 0 Å². The first kappa shape index (κ1) is 23.9. The van der Waals surface area contributed by atoms with Gasteiger partial charge in [-0.3, -0.25) is 4.79 Å². The molecular formula is C29H36O3S. The van der Waals surface area contributed by atoms with E-state index in [1.165, 1.54) is 34.4 Å². The molecule has 2 aliphatic rings. The number of aliphatic carboxylic acids is 1. The van der Waals surface area contributed by atoms with Crippen LogP contribution in [0.15, 0.2) is 53.4 Å². The Morgan fingerprint density at radius 1 is 1.15 bits per heavy atom. The van der Waals surface area contributed by atoms with Crippen molar-refractivity contribution in [3.8, 4) is 5.75 Å². The molecule has 176 valence electrons. The minimum absolute atomic E-state index is 0.0977. The van der Waals surface area contributed by atoms with Gasteiger partial charge in [0.25, 0.3) is 0 Å². The van der Waals surface area contributed by atoms with Crippen LogP contribution in [0.3, 0.4) is 0 Å². The van der Waals surface area contributed by atoms with Crippen molar-refractivity contribution in [3.63, 3.8) is 0 Å². The minimum Gasteiger partial charge on any atom is -0.489 e. The third-order valence-corrected chi connectivity index (χ3v) is 8.97. The largest absolute Gasteiger partial charge is 0.489 e. The molecule has 0 bridgehead atoms. The van der Waals surface area contributed by atoms with Crippen molar-refractivity contribution in [1.82, 2.24) is 0 Å². The zero-order valence-electron chi connectivity index (χ0n) is 20.4. The predicted octanol–water partition coefficient (Wildman–Crippen LogP) is 7.65. The first-order chi connectivity index (χ1) is 15.6. The van der Waals surface area contributed by atoms with E-state index in [0.29, 0.717) is 23.7 Å². The Morgan fingerprint density at radius 2 is 1.88 bits per heavy atom. The van der Waals surface area contributed by atoms with Crippen LogP contribution in [-0.2, 0) is 16.8 Å². The average Bonchev–Trinajstić information content (AvgIpc) is 3.11. The topological polar surface area (TPSA) is 46.5 Å². The van der Waals surface area contributed by atoms with Gasteiger partial charge in [0.1, 0.15) is 12.4 Å². The van der Waals surface area contributed by atoms with Gasteiger partial charge >= 0.3 is 5.97 Å². The third kappa shape index (κ3) is 5.32. The number of hydrogen-bond donors (Lipinski definition) is 1. The van der Waals surface area contributed by atoms with Crippen molar-refractivity contribution in [2.45, 2.75) is 83.0 Å². The molecule has 2 aromatic carbocycles. The van der Waals surface area contributed by atoms with E-state index < -0.39 is 5.97 Å². The molecule has 0 radical (unpaired) electrons. The Bertz CT molecular complexity index is 1040. The lowest BCUT2D eigenvalue weighted by atomic mass is 9.69. The SMILES string of the molecule is CC1CCC(C)(C)c2ccc(COc3ccc(C(CC(=O)O)C4=CC(C)C(C)S4)cc3)cc21. The molecule has 1 aliphatic heterocycles. The highest BCUT2D eigenvalue weighted by Crippen LogP contribution is 2.45. The molecule has 0 spiro atoms. The van der Waals surface area contributed by atoms with E-state index in [9.17, 15) is 9.90 Å². The summed E-state index contributed by atoms with van der Waals surface area (Å²) in [4.78, 5) is 12.7. The summed E-state index contributed by atoms with van der Waals surface area (Å²) in [6, 6.07) is 14.8. The van der Waals surface area contributed by atoms with Crippen LogP contribution < -0.4 is 4.74 Å².